The molecule has 6 nitrogen and oxygen atoms in total. The largest absolute Gasteiger partial charge is 0.484 e. The van der Waals surface area contributed by atoms with Crippen molar-refractivity contribution in [1.29, 1.82) is 0 Å². The van der Waals surface area contributed by atoms with Gasteiger partial charge < -0.3 is 15.4 Å². The number of carbonyl (C=O) groups excluding carboxylic acids is 2. The Morgan fingerprint density at radius 3 is 2.50 bits per heavy atom. The van der Waals surface area contributed by atoms with Gasteiger partial charge in [-0.2, -0.15) is 0 Å². The SMILES string of the molecule is C=C(CCC(=O)NCCc1cc(C)nc(C)c1)NC(=O)COc1ccc(Cl)c(F)c1. The standard InChI is InChI=1S/C22H25ClFN3O3/c1-14(27-22(29)13-30-18-5-6-19(23)20(24)12-18)4-7-21(28)25-9-8-17-10-15(2)26-16(3)11-17/h5-6,10-12H,1,4,7-9,13H2,2-3H3,(H,25,28)(H,27,29). The number of amides is 2. The van der Waals surface area contributed by atoms with Crippen LogP contribution in [0.15, 0.2) is 42.6 Å². The zero-order valence-corrected chi connectivity index (χ0v) is 17.8. The molecule has 0 spiro atoms. The van der Waals surface area contributed by atoms with Crippen LogP contribution in [0.25, 0.3) is 0 Å². The first-order chi connectivity index (χ1) is 14.2. The maximum atomic E-state index is 13.3. The minimum Gasteiger partial charge on any atom is -0.484 e. The van der Waals surface area contributed by atoms with E-state index in [9.17, 15) is 14.0 Å². The molecule has 1 heterocycles. The molecule has 0 unspecified atom stereocenters. The zero-order valence-electron chi connectivity index (χ0n) is 17.1. The minimum atomic E-state index is -0.626. The van der Waals surface area contributed by atoms with E-state index >= 15 is 0 Å². The Morgan fingerprint density at radius 2 is 1.83 bits per heavy atom. The van der Waals surface area contributed by atoms with E-state index in [1.165, 1.54) is 12.1 Å². The van der Waals surface area contributed by atoms with Gasteiger partial charge in [-0.1, -0.05) is 18.2 Å². The van der Waals surface area contributed by atoms with Crippen molar-refractivity contribution in [3.05, 3.63) is 70.4 Å². The van der Waals surface area contributed by atoms with Crippen molar-refractivity contribution >= 4 is 23.4 Å². The highest BCUT2D eigenvalue weighted by molar-refractivity contribution is 6.30. The molecule has 0 atom stereocenters. The molecule has 0 bridgehead atoms. The van der Waals surface area contributed by atoms with E-state index in [0.29, 0.717) is 18.7 Å². The number of aryl methyl sites for hydroxylation is 2. The van der Waals surface area contributed by atoms with Crippen LogP contribution in [0.4, 0.5) is 4.39 Å². The second kappa shape index (κ2) is 11.3. The molecule has 1 aromatic carbocycles. The first-order valence-electron chi connectivity index (χ1n) is 9.49. The molecule has 2 rings (SSSR count). The number of halogens is 2. The van der Waals surface area contributed by atoms with E-state index in [-0.39, 0.29) is 29.7 Å². The second-order valence-corrected chi connectivity index (χ2v) is 7.28. The summed E-state index contributed by atoms with van der Waals surface area (Å²) in [5.74, 6) is -1.00. The second-order valence-electron chi connectivity index (χ2n) is 6.87. The lowest BCUT2D eigenvalue weighted by atomic mass is 10.1. The Labute approximate surface area is 180 Å². The van der Waals surface area contributed by atoms with Crippen molar-refractivity contribution in [2.75, 3.05) is 13.2 Å². The predicted octanol–water partition coefficient (Wildman–Crippen LogP) is 3.64. The Morgan fingerprint density at radius 1 is 1.13 bits per heavy atom. The predicted molar refractivity (Wildman–Crippen MR) is 114 cm³/mol. The summed E-state index contributed by atoms with van der Waals surface area (Å²) in [5.41, 5.74) is 3.43. The minimum absolute atomic E-state index is 0.0236. The third-order valence-corrected chi connectivity index (χ3v) is 4.41. The highest BCUT2D eigenvalue weighted by Gasteiger charge is 2.09. The molecule has 0 aliphatic carbocycles. The van der Waals surface area contributed by atoms with Gasteiger partial charge in [0.2, 0.25) is 5.91 Å². The number of benzene rings is 1. The van der Waals surface area contributed by atoms with Gasteiger partial charge in [0.15, 0.2) is 6.61 Å². The molecule has 0 aliphatic rings. The van der Waals surface area contributed by atoms with Crippen LogP contribution in [0.1, 0.15) is 29.8 Å². The number of rotatable bonds is 10. The molecule has 2 N–H and O–H groups in total. The molecular weight excluding hydrogens is 409 g/mol. The van der Waals surface area contributed by atoms with Crippen LogP contribution in [0.3, 0.4) is 0 Å². The number of pyridine rings is 1. The molecule has 160 valence electrons. The number of carbonyl (C=O) groups is 2. The van der Waals surface area contributed by atoms with E-state index in [4.69, 9.17) is 16.3 Å². The average molecular weight is 434 g/mol. The summed E-state index contributed by atoms with van der Waals surface area (Å²) < 4.78 is 18.5. The van der Waals surface area contributed by atoms with Crippen LogP contribution in [-0.4, -0.2) is 29.9 Å². The third-order valence-electron chi connectivity index (χ3n) is 4.11. The van der Waals surface area contributed by atoms with Crippen LogP contribution >= 0.6 is 11.6 Å². The molecular formula is C22H25ClFN3O3. The maximum absolute atomic E-state index is 13.3. The Hall–Kier alpha value is -2.93. The lowest BCUT2D eigenvalue weighted by molar-refractivity contribution is -0.123. The fraction of sp³-hybridized carbons (Fsp3) is 0.318. The smallest absolute Gasteiger partial charge is 0.262 e. The summed E-state index contributed by atoms with van der Waals surface area (Å²) in [4.78, 5) is 28.2. The van der Waals surface area contributed by atoms with Gasteiger partial charge in [-0.15, -0.1) is 0 Å². The van der Waals surface area contributed by atoms with Crippen LogP contribution in [-0.2, 0) is 16.0 Å². The van der Waals surface area contributed by atoms with E-state index < -0.39 is 11.7 Å². The van der Waals surface area contributed by atoms with E-state index in [0.717, 1.165) is 29.4 Å². The number of hydrogen-bond acceptors (Lipinski definition) is 4. The van der Waals surface area contributed by atoms with Gasteiger partial charge in [0.25, 0.3) is 5.91 Å². The Kier molecular flexibility index (Phi) is 8.80. The van der Waals surface area contributed by atoms with E-state index in [2.05, 4.69) is 22.2 Å². The number of aromatic nitrogens is 1. The number of nitrogens with one attached hydrogen (secondary N) is 2. The topological polar surface area (TPSA) is 80.3 Å². The maximum Gasteiger partial charge on any atom is 0.262 e. The molecule has 0 radical (unpaired) electrons. The molecule has 2 aromatic rings. The Bertz CT molecular complexity index is 914. The summed E-state index contributed by atoms with van der Waals surface area (Å²) in [5, 5.41) is 5.39. The molecule has 0 aliphatic heterocycles. The van der Waals surface area contributed by atoms with E-state index in [1.807, 2.05) is 26.0 Å². The lowest BCUT2D eigenvalue weighted by Crippen LogP contribution is -2.29. The molecule has 2 amide bonds. The Balaban J connectivity index is 1.63. The van der Waals surface area contributed by atoms with Gasteiger partial charge in [-0.25, -0.2) is 4.39 Å². The molecule has 8 heteroatoms. The van der Waals surface area contributed by atoms with Gasteiger partial charge in [0.1, 0.15) is 11.6 Å². The monoisotopic (exact) mass is 433 g/mol. The highest BCUT2D eigenvalue weighted by atomic mass is 35.5. The van der Waals surface area contributed by atoms with Crippen molar-refractivity contribution in [3.8, 4) is 5.75 Å². The van der Waals surface area contributed by atoms with Crippen molar-refractivity contribution in [2.45, 2.75) is 33.1 Å². The fourth-order valence-electron chi connectivity index (χ4n) is 2.78. The lowest BCUT2D eigenvalue weighted by Gasteiger charge is -2.10. The van der Waals surface area contributed by atoms with Crippen molar-refractivity contribution < 1.29 is 18.7 Å². The van der Waals surface area contributed by atoms with Gasteiger partial charge in [-0.05, 0) is 56.5 Å². The average Bonchev–Trinajstić information content (AvgIpc) is 2.66. The fourth-order valence-corrected chi connectivity index (χ4v) is 2.89. The normalized spacial score (nSPS) is 10.4. The van der Waals surface area contributed by atoms with Crippen molar-refractivity contribution in [3.63, 3.8) is 0 Å². The number of ether oxygens (including phenoxy) is 1. The zero-order chi connectivity index (χ0) is 22.1. The molecule has 0 fully saturated rings. The van der Waals surface area contributed by atoms with Crippen LogP contribution in [0.2, 0.25) is 5.02 Å². The van der Waals surface area contributed by atoms with Crippen LogP contribution < -0.4 is 15.4 Å². The summed E-state index contributed by atoms with van der Waals surface area (Å²) in [6.45, 7) is 7.83. The number of nitrogens with zero attached hydrogens (tertiary/aromatic N) is 1. The quantitative estimate of drug-likeness (QED) is 0.599. The van der Waals surface area contributed by atoms with Crippen LogP contribution in [0, 0.1) is 19.7 Å². The highest BCUT2D eigenvalue weighted by Crippen LogP contribution is 2.20. The summed E-state index contributed by atoms with van der Waals surface area (Å²) in [6, 6.07) is 7.91. The first kappa shape index (κ1) is 23.3. The van der Waals surface area contributed by atoms with Crippen molar-refractivity contribution in [2.24, 2.45) is 0 Å². The number of hydrogen-bond donors (Lipinski definition) is 2. The molecule has 0 saturated carbocycles. The summed E-state index contributed by atoms with van der Waals surface area (Å²) in [6.07, 6.45) is 1.23. The number of allylic oxidation sites excluding steroid dienone is 1. The summed E-state index contributed by atoms with van der Waals surface area (Å²) in [7, 11) is 0. The van der Waals surface area contributed by atoms with Gasteiger partial charge in [0, 0.05) is 36.1 Å². The van der Waals surface area contributed by atoms with Crippen LogP contribution in [0.5, 0.6) is 5.75 Å². The van der Waals surface area contributed by atoms with Crippen molar-refractivity contribution in [1.82, 2.24) is 15.6 Å². The first-order valence-corrected chi connectivity index (χ1v) is 9.87. The molecule has 0 saturated heterocycles. The van der Waals surface area contributed by atoms with Gasteiger partial charge >= 0.3 is 0 Å². The van der Waals surface area contributed by atoms with Gasteiger partial charge in [0.05, 0.1) is 5.02 Å². The third kappa shape index (κ3) is 8.21. The molecule has 1 aromatic heterocycles. The van der Waals surface area contributed by atoms with Gasteiger partial charge in [-0.3, -0.25) is 14.6 Å². The van der Waals surface area contributed by atoms with E-state index in [1.54, 1.807) is 0 Å². The molecule has 30 heavy (non-hydrogen) atoms. The summed E-state index contributed by atoms with van der Waals surface area (Å²) >= 11 is 5.59.